The molecule has 1 aromatic heterocycles. The molecule has 0 saturated heterocycles. The molecule has 2 rings (SSSR count). The average Bonchev–Trinajstić information content (AvgIpc) is 2.41. The van der Waals surface area contributed by atoms with Gasteiger partial charge in [-0.2, -0.15) is 0 Å². The zero-order valence-electron chi connectivity index (χ0n) is 9.88. The van der Waals surface area contributed by atoms with E-state index in [1.54, 1.807) is 18.1 Å². The average molecular weight is 306 g/mol. The monoisotopic (exact) mass is 305 g/mol. The second-order valence-corrected chi connectivity index (χ2v) is 4.79. The van der Waals surface area contributed by atoms with Crippen LogP contribution in [0.25, 0.3) is 0 Å². The second kappa shape index (κ2) is 5.73. The van der Waals surface area contributed by atoms with Gasteiger partial charge in [0.2, 0.25) is 0 Å². The summed E-state index contributed by atoms with van der Waals surface area (Å²) in [5.74, 6) is -0.133. The molecule has 92 valence electrons. The highest BCUT2D eigenvalue weighted by atomic mass is 79.9. The number of aromatic nitrogens is 2. The van der Waals surface area contributed by atoms with Gasteiger partial charge in [0.05, 0.1) is 6.20 Å². The third kappa shape index (κ3) is 3.13. The Hall–Kier alpha value is -1.75. The first kappa shape index (κ1) is 12.7. The molecule has 0 unspecified atom stereocenters. The highest BCUT2D eigenvalue weighted by molar-refractivity contribution is 9.10. The quantitative estimate of drug-likeness (QED) is 0.875. The van der Waals surface area contributed by atoms with E-state index in [-0.39, 0.29) is 5.91 Å². The smallest absolute Gasteiger partial charge is 0.274 e. The molecular formula is C13H12BrN3O. The van der Waals surface area contributed by atoms with E-state index >= 15 is 0 Å². The van der Waals surface area contributed by atoms with Crippen LogP contribution in [0.4, 0.5) is 0 Å². The summed E-state index contributed by atoms with van der Waals surface area (Å²) in [6, 6.07) is 7.86. The molecule has 0 aliphatic carbocycles. The van der Waals surface area contributed by atoms with E-state index in [1.165, 1.54) is 12.4 Å². The Morgan fingerprint density at radius 2 is 2.00 bits per heavy atom. The third-order valence-corrected chi connectivity index (χ3v) is 2.99. The Morgan fingerprint density at radius 3 is 2.61 bits per heavy atom. The number of amides is 1. The topological polar surface area (TPSA) is 46.1 Å². The van der Waals surface area contributed by atoms with E-state index in [0.717, 1.165) is 10.0 Å². The normalized spacial score (nSPS) is 10.1. The molecule has 0 radical (unpaired) electrons. The van der Waals surface area contributed by atoms with Crippen molar-refractivity contribution in [2.45, 2.75) is 6.54 Å². The summed E-state index contributed by atoms with van der Waals surface area (Å²) >= 11 is 3.38. The zero-order chi connectivity index (χ0) is 13.0. The molecule has 0 aliphatic heterocycles. The zero-order valence-corrected chi connectivity index (χ0v) is 11.5. The molecule has 0 spiro atoms. The Kier molecular flexibility index (Phi) is 4.04. The first-order chi connectivity index (χ1) is 8.66. The number of nitrogens with zero attached hydrogens (tertiary/aromatic N) is 3. The summed E-state index contributed by atoms with van der Waals surface area (Å²) in [7, 11) is 1.75. The van der Waals surface area contributed by atoms with Gasteiger partial charge in [0, 0.05) is 30.5 Å². The molecule has 1 heterocycles. The lowest BCUT2D eigenvalue weighted by Gasteiger charge is -2.16. The van der Waals surface area contributed by atoms with Crippen molar-refractivity contribution in [3.05, 3.63) is 58.6 Å². The standard InChI is InChI=1S/C13H12BrN3O/c1-17(9-10-2-4-11(14)5-3-10)13(18)12-8-15-6-7-16-12/h2-8H,9H2,1H3. The Morgan fingerprint density at radius 1 is 1.28 bits per heavy atom. The number of rotatable bonds is 3. The number of hydrogen-bond donors (Lipinski definition) is 0. The minimum Gasteiger partial charge on any atom is -0.336 e. The minimum atomic E-state index is -0.133. The number of carbonyl (C=O) groups excluding carboxylic acids is 1. The van der Waals surface area contributed by atoms with Crippen LogP contribution in [0.5, 0.6) is 0 Å². The van der Waals surface area contributed by atoms with Crippen molar-refractivity contribution in [2.75, 3.05) is 7.05 Å². The number of benzene rings is 1. The molecule has 0 bridgehead atoms. The van der Waals surface area contributed by atoms with E-state index in [1.807, 2.05) is 24.3 Å². The fourth-order valence-corrected chi connectivity index (χ4v) is 1.80. The molecule has 4 nitrogen and oxygen atoms in total. The summed E-state index contributed by atoms with van der Waals surface area (Å²) < 4.78 is 1.02. The van der Waals surface area contributed by atoms with E-state index in [4.69, 9.17) is 0 Å². The van der Waals surface area contributed by atoms with Crippen LogP contribution in [-0.4, -0.2) is 27.8 Å². The Labute approximate surface area is 114 Å². The van der Waals surface area contributed by atoms with Crippen LogP contribution in [0.15, 0.2) is 47.3 Å². The van der Waals surface area contributed by atoms with Crippen LogP contribution >= 0.6 is 15.9 Å². The summed E-state index contributed by atoms with van der Waals surface area (Å²) in [6.07, 6.45) is 4.53. The number of hydrogen-bond acceptors (Lipinski definition) is 3. The van der Waals surface area contributed by atoms with Gasteiger partial charge in [-0.25, -0.2) is 4.98 Å². The fourth-order valence-electron chi connectivity index (χ4n) is 1.54. The molecule has 2 aromatic rings. The summed E-state index contributed by atoms with van der Waals surface area (Å²) in [6.45, 7) is 0.544. The van der Waals surface area contributed by atoms with Crippen LogP contribution < -0.4 is 0 Å². The molecule has 5 heteroatoms. The van der Waals surface area contributed by atoms with Gasteiger partial charge < -0.3 is 4.90 Å². The third-order valence-electron chi connectivity index (χ3n) is 2.46. The highest BCUT2D eigenvalue weighted by Crippen LogP contribution is 2.12. The second-order valence-electron chi connectivity index (χ2n) is 3.88. The van der Waals surface area contributed by atoms with Gasteiger partial charge in [0.15, 0.2) is 0 Å². The van der Waals surface area contributed by atoms with E-state index in [0.29, 0.717) is 12.2 Å². The first-order valence-corrected chi connectivity index (χ1v) is 6.22. The minimum absolute atomic E-state index is 0.133. The summed E-state index contributed by atoms with van der Waals surface area (Å²) in [4.78, 5) is 21.5. The van der Waals surface area contributed by atoms with Gasteiger partial charge in [0.1, 0.15) is 5.69 Å². The largest absolute Gasteiger partial charge is 0.336 e. The molecule has 1 amide bonds. The van der Waals surface area contributed by atoms with Crippen molar-refractivity contribution in [3.8, 4) is 0 Å². The van der Waals surface area contributed by atoms with Gasteiger partial charge in [0.25, 0.3) is 5.91 Å². The van der Waals surface area contributed by atoms with E-state index < -0.39 is 0 Å². The van der Waals surface area contributed by atoms with Gasteiger partial charge in [-0.05, 0) is 17.7 Å². The molecule has 0 atom stereocenters. The van der Waals surface area contributed by atoms with E-state index in [2.05, 4.69) is 25.9 Å². The fraction of sp³-hybridized carbons (Fsp3) is 0.154. The van der Waals surface area contributed by atoms with E-state index in [9.17, 15) is 4.79 Å². The lowest BCUT2D eigenvalue weighted by molar-refractivity contribution is 0.0779. The van der Waals surface area contributed by atoms with Crippen molar-refractivity contribution in [3.63, 3.8) is 0 Å². The summed E-state index contributed by atoms with van der Waals surface area (Å²) in [5.41, 5.74) is 1.43. The predicted octanol–water partition coefficient (Wildman–Crippen LogP) is 2.51. The lowest BCUT2D eigenvalue weighted by atomic mass is 10.2. The van der Waals surface area contributed by atoms with Crippen LogP contribution in [-0.2, 0) is 6.54 Å². The van der Waals surface area contributed by atoms with Crippen molar-refractivity contribution >= 4 is 21.8 Å². The van der Waals surface area contributed by atoms with Crippen molar-refractivity contribution in [1.82, 2.24) is 14.9 Å². The number of halogens is 1. The molecule has 0 aliphatic rings. The maximum absolute atomic E-state index is 12.0. The van der Waals surface area contributed by atoms with Crippen molar-refractivity contribution in [2.24, 2.45) is 0 Å². The van der Waals surface area contributed by atoms with Gasteiger partial charge in [-0.15, -0.1) is 0 Å². The molecule has 0 fully saturated rings. The van der Waals surface area contributed by atoms with Crippen LogP contribution in [0.3, 0.4) is 0 Å². The molecular weight excluding hydrogens is 294 g/mol. The lowest BCUT2D eigenvalue weighted by Crippen LogP contribution is -2.27. The summed E-state index contributed by atoms with van der Waals surface area (Å²) in [5, 5.41) is 0. The maximum Gasteiger partial charge on any atom is 0.274 e. The van der Waals surface area contributed by atoms with Gasteiger partial charge in [-0.3, -0.25) is 9.78 Å². The van der Waals surface area contributed by atoms with Crippen LogP contribution in [0, 0.1) is 0 Å². The SMILES string of the molecule is CN(Cc1ccc(Br)cc1)C(=O)c1cnccn1. The number of carbonyl (C=O) groups is 1. The predicted molar refractivity (Wildman–Crippen MR) is 72.0 cm³/mol. The molecule has 0 saturated carbocycles. The van der Waals surface area contributed by atoms with Gasteiger partial charge >= 0.3 is 0 Å². The highest BCUT2D eigenvalue weighted by Gasteiger charge is 2.13. The first-order valence-electron chi connectivity index (χ1n) is 5.43. The Bertz CT molecular complexity index is 528. The maximum atomic E-state index is 12.0. The molecule has 1 aromatic carbocycles. The molecule has 18 heavy (non-hydrogen) atoms. The van der Waals surface area contributed by atoms with Crippen LogP contribution in [0.2, 0.25) is 0 Å². The Balaban J connectivity index is 2.06. The van der Waals surface area contributed by atoms with Crippen LogP contribution in [0.1, 0.15) is 16.1 Å². The van der Waals surface area contributed by atoms with Crippen molar-refractivity contribution < 1.29 is 4.79 Å². The molecule has 0 N–H and O–H groups in total. The van der Waals surface area contributed by atoms with Gasteiger partial charge in [-0.1, -0.05) is 28.1 Å². The van der Waals surface area contributed by atoms with Crippen molar-refractivity contribution in [1.29, 1.82) is 0 Å².